The van der Waals surface area contributed by atoms with Gasteiger partial charge in [-0.05, 0) is 36.0 Å². The molecule has 2 rings (SSSR count). The molecule has 0 heterocycles. The molecule has 4 nitrogen and oxygen atoms in total. The summed E-state index contributed by atoms with van der Waals surface area (Å²) in [7, 11) is -3.78. The van der Waals surface area contributed by atoms with Gasteiger partial charge in [-0.1, -0.05) is 43.5 Å². The fourth-order valence-electron chi connectivity index (χ4n) is 2.72. The molecule has 1 aliphatic carbocycles. The monoisotopic (exact) mass is 351 g/mol. The smallest absolute Gasteiger partial charge is 0.242 e. The van der Waals surface area contributed by atoms with Crippen LogP contribution < -0.4 is 4.72 Å². The van der Waals surface area contributed by atoms with Crippen molar-refractivity contribution in [3.8, 4) is 0 Å². The molecule has 2 N–H and O–H groups in total. The van der Waals surface area contributed by atoms with E-state index < -0.39 is 10.0 Å². The van der Waals surface area contributed by atoms with Crippen molar-refractivity contribution in [2.45, 2.75) is 50.7 Å². The number of rotatable bonds is 4. The molecule has 0 spiro atoms. The van der Waals surface area contributed by atoms with Gasteiger partial charge in [0, 0.05) is 11.1 Å². The third-order valence-electron chi connectivity index (χ3n) is 4.09. The predicted octanol–water partition coefficient (Wildman–Crippen LogP) is 3.34. The quantitative estimate of drug-likeness (QED) is 0.873. The van der Waals surface area contributed by atoms with Crippen LogP contribution in [0.3, 0.4) is 0 Å². The standard InChI is InChI=1S/C14H19Cl2NO3S/c1-14(2)5-3-4-12(14)17-21(19,20)11-7-10(15)6-9(8-18)13(11)16/h6-7,12,17-18H,3-5,8H2,1-2H3. The third kappa shape index (κ3) is 3.54. The van der Waals surface area contributed by atoms with Crippen molar-refractivity contribution in [3.63, 3.8) is 0 Å². The van der Waals surface area contributed by atoms with Gasteiger partial charge in [0.1, 0.15) is 4.90 Å². The summed E-state index contributed by atoms with van der Waals surface area (Å²) in [6.07, 6.45) is 2.77. The highest BCUT2D eigenvalue weighted by Gasteiger charge is 2.37. The Labute approximate surface area is 135 Å². The van der Waals surface area contributed by atoms with Gasteiger partial charge in [-0.2, -0.15) is 0 Å². The maximum atomic E-state index is 12.6. The second kappa shape index (κ2) is 6.05. The first-order chi connectivity index (χ1) is 9.67. The van der Waals surface area contributed by atoms with Crippen molar-refractivity contribution >= 4 is 33.2 Å². The van der Waals surface area contributed by atoms with Gasteiger partial charge in [-0.25, -0.2) is 13.1 Å². The molecule has 1 unspecified atom stereocenters. The Balaban J connectivity index is 2.38. The summed E-state index contributed by atoms with van der Waals surface area (Å²) in [5.74, 6) is 0. The molecule has 1 aromatic rings. The van der Waals surface area contributed by atoms with E-state index in [9.17, 15) is 13.5 Å². The zero-order chi connectivity index (χ0) is 15.8. The zero-order valence-corrected chi connectivity index (χ0v) is 14.3. The van der Waals surface area contributed by atoms with E-state index in [1.165, 1.54) is 12.1 Å². The van der Waals surface area contributed by atoms with Gasteiger partial charge in [0.25, 0.3) is 0 Å². The van der Waals surface area contributed by atoms with Gasteiger partial charge < -0.3 is 5.11 Å². The second-order valence-electron chi connectivity index (χ2n) is 6.09. The largest absolute Gasteiger partial charge is 0.392 e. The highest BCUT2D eigenvalue weighted by Crippen LogP contribution is 2.38. The number of benzene rings is 1. The molecule has 0 amide bonds. The van der Waals surface area contributed by atoms with Crippen LogP contribution in [0.5, 0.6) is 0 Å². The molecule has 21 heavy (non-hydrogen) atoms. The summed E-state index contributed by atoms with van der Waals surface area (Å²) < 4.78 is 27.9. The molecule has 0 saturated heterocycles. The van der Waals surface area contributed by atoms with Gasteiger partial charge in [0.05, 0.1) is 11.6 Å². The lowest BCUT2D eigenvalue weighted by molar-refractivity contribution is 0.281. The Morgan fingerprint density at radius 1 is 1.38 bits per heavy atom. The number of nitrogens with one attached hydrogen (secondary N) is 1. The minimum atomic E-state index is -3.78. The van der Waals surface area contributed by atoms with E-state index in [1.54, 1.807) is 0 Å². The number of aliphatic hydroxyl groups excluding tert-OH is 1. The Bertz CT molecular complexity index is 644. The van der Waals surface area contributed by atoms with E-state index in [0.29, 0.717) is 5.56 Å². The number of aliphatic hydroxyl groups is 1. The molecule has 1 fully saturated rings. The van der Waals surface area contributed by atoms with Crippen molar-refractivity contribution in [2.75, 3.05) is 0 Å². The lowest BCUT2D eigenvalue weighted by Gasteiger charge is -2.27. The lowest BCUT2D eigenvalue weighted by Crippen LogP contribution is -2.41. The molecule has 1 aromatic carbocycles. The molecule has 1 saturated carbocycles. The molecule has 118 valence electrons. The topological polar surface area (TPSA) is 66.4 Å². The van der Waals surface area contributed by atoms with Gasteiger partial charge in [0.2, 0.25) is 10.0 Å². The highest BCUT2D eigenvalue weighted by atomic mass is 35.5. The Morgan fingerprint density at radius 2 is 2.05 bits per heavy atom. The Morgan fingerprint density at radius 3 is 2.57 bits per heavy atom. The summed E-state index contributed by atoms with van der Waals surface area (Å²) in [4.78, 5) is -0.0802. The zero-order valence-electron chi connectivity index (χ0n) is 12.0. The molecule has 1 atom stereocenters. The van der Waals surface area contributed by atoms with Crippen LogP contribution in [0.4, 0.5) is 0 Å². The molecule has 0 aliphatic heterocycles. The summed E-state index contributed by atoms with van der Waals surface area (Å²) in [6, 6.07) is 2.64. The van der Waals surface area contributed by atoms with Crippen LogP contribution in [0.2, 0.25) is 10.0 Å². The third-order valence-corrected chi connectivity index (χ3v) is 6.37. The maximum absolute atomic E-state index is 12.6. The molecule has 1 aliphatic rings. The molecule has 0 bridgehead atoms. The highest BCUT2D eigenvalue weighted by molar-refractivity contribution is 7.89. The van der Waals surface area contributed by atoms with E-state index in [4.69, 9.17) is 23.2 Å². The van der Waals surface area contributed by atoms with Gasteiger partial charge >= 0.3 is 0 Å². The second-order valence-corrected chi connectivity index (χ2v) is 8.59. The van der Waals surface area contributed by atoms with Gasteiger partial charge in [-0.15, -0.1) is 0 Å². The van der Waals surface area contributed by atoms with Crippen molar-refractivity contribution in [2.24, 2.45) is 5.41 Å². The van der Waals surface area contributed by atoms with E-state index >= 15 is 0 Å². The van der Waals surface area contributed by atoms with Crippen LogP contribution in [0.1, 0.15) is 38.7 Å². The fourth-order valence-corrected chi connectivity index (χ4v) is 5.09. The normalized spacial score (nSPS) is 21.7. The van der Waals surface area contributed by atoms with Crippen LogP contribution in [-0.2, 0) is 16.6 Å². The van der Waals surface area contributed by atoms with Gasteiger partial charge in [-0.3, -0.25) is 0 Å². The van der Waals surface area contributed by atoms with Gasteiger partial charge in [0.15, 0.2) is 0 Å². The van der Waals surface area contributed by atoms with Crippen molar-refractivity contribution in [1.29, 1.82) is 0 Å². The maximum Gasteiger partial charge on any atom is 0.242 e. The molecule has 0 radical (unpaired) electrons. The van der Waals surface area contributed by atoms with Crippen LogP contribution >= 0.6 is 23.2 Å². The summed E-state index contributed by atoms with van der Waals surface area (Å²) in [5.41, 5.74) is 0.216. The van der Waals surface area contributed by atoms with Crippen molar-refractivity contribution < 1.29 is 13.5 Å². The molecular formula is C14H19Cl2NO3S. The minimum absolute atomic E-state index is 0.0187. The Hall–Kier alpha value is -0.330. The van der Waals surface area contributed by atoms with E-state index in [1.807, 2.05) is 13.8 Å². The van der Waals surface area contributed by atoms with E-state index in [0.717, 1.165) is 19.3 Å². The molecular weight excluding hydrogens is 333 g/mol. The molecule has 0 aromatic heterocycles. The van der Waals surface area contributed by atoms with Crippen LogP contribution in [-0.4, -0.2) is 19.6 Å². The van der Waals surface area contributed by atoms with Crippen LogP contribution in [0.15, 0.2) is 17.0 Å². The van der Waals surface area contributed by atoms with Crippen LogP contribution in [0, 0.1) is 5.41 Å². The van der Waals surface area contributed by atoms with Crippen molar-refractivity contribution in [1.82, 2.24) is 4.72 Å². The SMILES string of the molecule is CC1(C)CCCC1NS(=O)(=O)c1cc(Cl)cc(CO)c1Cl. The predicted molar refractivity (Wildman–Crippen MR) is 84.1 cm³/mol. The minimum Gasteiger partial charge on any atom is -0.392 e. The first-order valence-electron chi connectivity index (χ1n) is 6.78. The Kier molecular flexibility index (Phi) is 4.90. The fraction of sp³-hybridized carbons (Fsp3) is 0.571. The average Bonchev–Trinajstić information content (AvgIpc) is 2.70. The number of sulfonamides is 1. The average molecular weight is 352 g/mol. The number of hydrogen-bond donors (Lipinski definition) is 2. The lowest BCUT2D eigenvalue weighted by atomic mass is 9.88. The number of halogens is 2. The molecule has 7 heteroatoms. The summed E-state index contributed by atoms with van der Waals surface area (Å²) in [5, 5.41) is 9.49. The van der Waals surface area contributed by atoms with E-state index in [2.05, 4.69) is 4.72 Å². The van der Waals surface area contributed by atoms with E-state index in [-0.39, 0.29) is 33.0 Å². The van der Waals surface area contributed by atoms with Crippen LogP contribution in [0.25, 0.3) is 0 Å². The first-order valence-corrected chi connectivity index (χ1v) is 9.02. The first kappa shape index (κ1) is 17.0. The van der Waals surface area contributed by atoms with Crippen molar-refractivity contribution in [3.05, 3.63) is 27.7 Å². The summed E-state index contributed by atoms with van der Waals surface area (Å²) in [6.45, 7) is 3.73. The summed E-state index contributed by atoms with van der Waals surface area (Å²) >= 11 is 12.0. The number of hydrogen-bond acceptors (Lipinski definition) is 3.